The second-order valence-corrected chi connectivity index (χ2v) is 11.3. The zero-order chi connectivity index (χ0) is 14.6. The monoisotopic (exact) mass is 273 g/mol. The van der Waals surface area contributed by atoms with Gasteiger partial charge in [-0.3, -0.25) is 0 Å². The maximum atomic E-state index is 12.0. The highest BCUT2D eigenvalue weighted by atomic mass is 28.4. The zero-order valence-electron chi connectivity index (χ0n) is 13.0. The second-order valence-electron chi connectivity index (χ2n) is 6.84. The Morgan fingerprint density at radius 2 is 1.72 bits per heavy atom. The van der Waals surface area contributed by atoms with Crippen molar-refractivity contribution in [3.8, 4) is 0 Å². The largest absolute Gasteiger partial charge is 0.515 e. The van der Waals surface area contributed by atoms with Crippen LogP contribution in [0.15, 0.2) is 5.16 Å². The fourth-order valence-corrected chi connectivity index (χ4v) is 1.75. The number of rotatable bonds is 5. The Balaban J connectivity index is 4.83. The molecule has 0 saturated carbocycles. The summed E-state index contributed by atoms with van der Waals surface area (Å²) in [4.78, 5) is 17.3. The summed E-state index contributed by atoms with van der Waals surface area (Å²) in [6.07, 6.45) is 0.569. The van der Waals surface area contributed by atoms with Crippen molar-refractivity contribution in [2.45, 2.75) is 66.3 Å². The zero-order valence-corrected chi connectivity index (χ0v) is 14.0. The van der Waals surface area contributed by atoms with E-state index in [1.165, 1.54) is 0 Å². The Bertz CT molecular complexity index is 311. The summed E-state index contributed by atoms with van der Waals surface area (Å²) in [7, 11) is -1.89. The summed E-state index contributed by atoms with van der Waals surface area (Å²) in [6.45, 7) is 15.7. The van der Waals surface area contributed by atoms with Crippen LogP contribution in [0.3, 0.4) is 0 Å². The molecular weight excluding hydrogens is 246 g/mol. The molecule has 0 atom stereocenters. The average Bonchev–Trinajstić information content (AvgIpc) is 2.06. The third-order valence-corrected chi connectivity index (χ3v) is 2.46. The van der Waals surface area contributed by atoms with Crippen LogP contribution >= 0.6 is 0 Å². The standard InChI is InChI=1S/C13H27NO3Si/c1-10(2)9-11(14-17-13(3,4)5)12(15)16-18(6,7)8/h10H,9H2,1-8H3/b14-11+. The number of nitrogens with zero attached hydrogens (tertiary/aromatic N) is 1. The summed E-state index contributed by atoms with van der Waals surface area (Å²) < 4.78 is 5.46. The third-order valence-electron chi connectivity index (χ3n) is 1.67. The first-order valence-corrected chi connectivity index (χ1v) is 9.80. The van der Waals surface area contributed by atoms with Crippen LogP contribution in [0, 0.1) is 5.92 Å². The molecule has 0 fully saturated rings. The van der Waals surface area contributed by atoms with Gasteiger partial charge in [0.2, 0.25) is 8.32 Å². The van der Waals surface area contributed by atoms with Crippen molar-refractivity contribution in [2.24, 2.45) is 11.1 Å². The molecular formula is C13H27NO3Si. The van der Waals surface area contributed by atoms with Crippen LogP contribution < -0.4 is 0 Å². The van der Waals surface area contributed by atoms with Crippen LogP contribution in [0.5, 0.6) is 0 Å². The molecule has 0 aliphatic carbocycles. The van der Waals surface area contributed by atoms with E-state index in [4.69, 9.17) is 9.26 Å². The predicted octanol–water partition coefficient (Wildman–Crippen LogP) is 3.58. The molecule has 0 unspecified atom stereocenters. The van der Waals surface area contributed by atoms with Crippen molar-refractivity contribution in [3.05, 3.63) is 0 Å². The van der Waals surface area contributed by atoms with Crippen molar-refractivity contribution in [2.75, 3.05) is 0 Å². The van der Waals surface area contributed by atoms with Gasteiger partial charge in [-0.25, -0.2) is 4.79 Å². The molecule has 4 nitrogen and oxygen atoms in total. The molecule has 0 saturated heterocycles. The smallest absolute Gasteiger partial charge is 0.342 e. The lowest BCUT2D eigenvalue weighted by molar-refractivity contribution is -0.128. The topological polar surface area (TPSA) is 47.9 Å². The quantitative estimate of drug-likeness (QED) is 0.437. The third kappa shape index (κ3) is 9.21. The van der Waals surface area contributed by atoms with E-state index in [1.54, 1.807) is 0 Å². The fourth-order valence-electron chi connectivity index (χ4n) is 1.07. The molecule has 0 heterocycles. The highest BCUT2D eigenvalue weighted by molar-refractivity contribution is 6.72. The van der Waals surface area contributed by atoms with Gasteiger partial charge < -0.3 is 9.26 Å². The van der Waals surface area contributed by atoms with Gasteiger partial charge in [0.1, 0.15) is 5.60 Å². The average molecular weight is 273 g/mol. The van der Waals surface area contributed by atoms with Gasteiger partial charge in [0.05, 0.1) is 0 Å². The Labute approximate surface area is 112 Å². The molecule has 0 aromatic heterocycles. The van der Waals surface area contributed by atoms with Gasteiger partial charge in [-0.15, -0.1) is 0 Å². The molecule has 0 aliphatic heterocycles. The first-order valence-electron chi connectivity index (χ1n) is 6.39. The second kappa shape index (κ2) is 6.36. The van der Waals surface area contributed by atoms with Gasteiger partial charge in [-0.05, 0) is 46.3 Å². The minimum absolute atomic E-state index is 0.335. The SMILES string of the molecule is CC(C)C/C(=N\OC(C)(C)C)C(=O)O[Si](C)(C)C. The predicted molar refractivity (Wildman–Crippen MR) is 77.2 cm³/mol. The van der Waals surface area contributed by atoms with E-state index in [2.05, 4.69) is 5.16 Å². The molecule has 0 aromatic rings. The van der Waals surface area contributed by atoms with E-state index in [-0.39, 0.29) is 5.97 Å². The first kappa shape index (κ1) is 17.2. The molecule has 0 amide bonds. The minimum atomic E-state index is -1.89. The van der Waals surface area contributed by atoms with Crippen LogP contribution in [0.1, 0.15) is 41.0 Å². The molecule has 0 bridgehead atoms. The summed E-state index contributed by atoms with van der Waals surface area (Å²) in [6, 6.07) is 0. The molecule has 0 aliphatic rings. The Morgan fingerprint density at radius 3 is 2.06 bits per heavy atom. The van der Waals surface area contributed by atoms with Crippen LogP contribution in [0.4, 0.5) is 0 Å². The molecule has 0 N–H and O–H groups in total. The van der Waals surface area contributed by atoms with Crippen molar-refractivity contribution in [1.82, 2.24) is 0 Å². The summed E-state index contributed by atoms with van der Waals surface area (Å²) in [5, 5.41) is 3.98. The highest BCUT2D eigenvalue weighted by Crippen LogP contribution is 2.12. The number of hydrogen-bond donors (Lipinski definition) is 0. The van der Waals surface area contributed by atoms with E-state index >= 15 is 0 Å². The number of carbonyl (C=O) groups excluding carboxylic acids is 1. The minimum Gasteiger partial charge on any atom is -0.515 e. The van der Waals surface area contributed by atoms with E-state index in [9.17, 15) is 4.79 Å². The fraction of sp³-hybridized carbons (Fsp3) is 0.846. The van der Waals surface area contributed by atoms with Gasteiger partial charge in [-0.1, -0.05) is 19.0 Å². The molecule has 0 aromatic carbocycles. The van der Waals surface area contributed by atoms with Crippen LogP contribution in [0.25, 0.3) is 0 Å². The number of hydrogen-bond acceptors (Lipinski definition) is 4. The molecule has 5 heteroatoms. The lowest BCUT2D eigenvalue weighted by atomic mass is 10.1. The summed E-state index contributed by atoms with van der Waals surface area (Å²) >= 11 is 0. The van der Waals surface area contributed by atoms with E-state index in [0.717, 1.165) is 0 Å². The molecule has 0 rings (SSSR count). The molecule has 0 spiro atoms. The van der Waals surface area contributed by atoms with Crippen molar-refractivity contribution in [1.29, 1.82) is 0 Å². The van der Waals surface area contributed by atoms with Gasteiger partial charge >= 0.3 is 5.97 Å². The maximum Gasteiger partial charge on any atom is 0.342 e. The first-order chi connectivity index (χ1) is 7.91. The highest BCUT2D eigenvalue weighted by Gasteiger charge is 2.25. The Morgan fingerprint density at radius 1 is 1.22 bits per heavy atom. The summed E-state index contributed by atoms with van der Waals surface area (Å²) in [5.74, 6) is -0.00591. The van der Waals surface area contributed by atoms with Crippen LogP contribution in [-0.2, 0) is 14.1 Å². The molecule has 0 radical (unpaired) electrons. The maximum absolute atomic E-state index is 12.0. The normalized spacial score (nSPS) is 13.7. The van der Waals surface area contributed by atoms with Gasteiger partial charge in [0.25, 0.3) is 0 Å². The van der Waals surface area contributed by atoms with E-state index < -0.39 is 13.9 Å². The van der Waals surface area contributed by atoms with Crippen LogP contribution in [0.2, 0.25) is 19.6 Å². The lowest BCUT2D eigenvalue weighted by Gasteiger charge is -2.20. The Hall–Kier alpha value is -0.843. The lowest BCUT2D eigenvalue weighted by Crippen LogP contribution is -2.34. The summed E-state index contributed by atoms with van der Waals surface area (Å²) in [5.41, 5.74) is -0.0239. The van der Waals surface area contributed by atoms with Gasteiger partial charge in [-0.2, -0.15) is 0 Å². The molecule has 18 heavy (non-hydrogen) atoms. The van der Waals surface area contributed by atoms with Gasteiger partial charge in [0, 0.05) is 6.42 Å². The van der Waals surface area contributed by atoms with Crippen molar-refractivity contribution in [3.63, 3.8) is 0 Å². The Kier molecular flexibility index (Phi) is 6.06. The van der Waals surface area contributed by atoms with Crippen LogP contribution in [-0.4, -0.2) is 25.6 Å². The number of oxime groups is 1. The van der Waals surface area contributed by atoms with E-state index in [0.29, 0.717) is 18.1 Å². The molecule has 106 valence electrons. The van der Waals surface area contributed by atoms with Crippen molar-refractivity contribution < 1.29 is 14.1 Å². The number of carbonyl (C=O) groups is 1. The van der Waals surface area contributed by atoms with Crippen molar-refractivity contribution >= 4 is 20.0 Å². The van der Waals surface area contributed by atoms with Gasteiger partial charge in [0.15, 0.2) is 5.71 Å². The van der Waals surface area contributed by atoms with E-state index in [1.807, 2.05) is 54.3 Å².